The number of hydrogen-bond donors (Lipinski definition) is 2. The van der Waals surface area contributed by atoms with Crippen LogP contribution in [0.4, 0.5) is 0 Å². The second-order valence-corrected chi connectivity index (χ2v) is 4.43. The van der Waals surface area contributed by atoms with Crippen molar-refractivity contribution in [3.05, 3.63) is 0 Å². The SMILES string of the molecule is CCCCC(NC(C)(CC)CO)C(=O)OC. The predicted molar refractivity (Wildman–Crippen MR) is 64.2 cm³/mol. The van der Waals surface area contributed by atoms with Crippen molar-refractivity contribution in [1.82, 2.24) is 5.32 Å². The smallest absolute Gasteiger partial charge is 0.322 e. The number of hydrogen-bond acceptors (Lipinski definition) is 4. The molecule has 0 aromatic rings. The van der Waals surface area contributed by atoms with Crippen molar-refractivity contribution in [2.24, 2.45) is 0 Å². The Bertz CT molecular complexity index is 202. The topological polar surface area (TPSA) is 58.6 Å². The van der Waals surface area contributed by atoms with E-state index < -0.39 is 5.54 Å². The number of rotatable bonds is 8. The van der Waals surface area contributed by atoms with Gasteiger partial charge in [0.05, 0.1) is 13.7 Å². The van der Waals surface area contributed by atoms with Gasteiger partial charge >= 0.3 is 5.97 Å². The highest BCUT2D eigenvalue weighted by molar-refractivity contribution is 5.75. The Morgan fingerprint density at radius 2 is 2.12 bits per heavy atom. The third-order valence-electron chi connectivity index (χ3n) is 2.98. The van der Waals surface area contributed by atoms with Gasteiger partial charge in [0, 0.05) is 5.54 Å². The number of aliphatic hydroxyl groups excluding tert-OH is 1. The van der Waals surface area contributed by atoms with Crippen molar-refractivity contribution in [3.63, 3.8) is 0 Å². The average Bonchev–Trinajstić information content (AvgIpc) is 2.33. The highest BCUT2D eigenvalue weighted by Gasteiger charge is 2.28. The molecule has 0 fully saturated rings. The van der Waals surface area contributed by atoms with Crippen molar-refractivity contribution < 1.29 is 14.6 Å². The Hall–Kier alpha value is -0.610. The number of ether oxygens (including phenoxy) is 1. The summed E-state index contributed by atoms with van der Waals surface area (Å²) in [6.07, 6.45) is 3.52. The maximum Gasteiger partial charge on any atom is 0.322 e. The monoisotopic (exact) mass is 231 g/mol. The molecule has 4 heteroatoms. The molecule has 0 aromatic carbocycles. The Labute approximate surface area is 98.4 Å². The summed E-state index contributed by atoms with van der Waals surface area (Å²) in [6, 6.07) is -0.318. The van der Waals surface area contributed by atoms with Crippen LogP contribution in [0.2, 0.25) is 0 Å². The van der Waals surface area contributed by atoms with E-state index in [9.17, 15) is 9.90 Å². The number of nitrogens with one attached hydrogen (secondary N) is 1. The van der Waals surface area contributed by atoms with Gasteiger partial charge in [-0.25, -0.2) is 0 Å². The van der Waals surface area contributed by atoms with Crippen LogP contribution in [0.3, 0.4) is 0 Å². The first-order valence-corrected chi connectivity index (χ1v) is 5.99. The van der Waals surface area contributed by atoms with Crippen LogP contribution < -0.4 is 5.32 Å². The number of carbonyl (C=O) groups is 1. The van der Waals surface area contributed by atoms with Crippen LogP contribution in [0.15, 0.2) is 0 Å². The lowest BCUT2D eigenvalue weighted by molar-refractivity contribution is -0.144. The van der Waals surface area contributed by atoms with Crippen LogP contribution in [-0.2, 0) is 9.53 Å². The van der Waals surface area contributed by atoms with E-state index in [1.165, 1.54) is 7.11 Å². The molecule has 0 saturated carbocycles. The lowest BCUT2D eigenvalue weighted by atomic mass is 9.97. The molecule has 0 aliphatic rings. The van der Waals surface area contributed by atoms with Crippen LogP contribution in [-0.4, -0.2) is 36.4 Å². The summed E-state index contributed by atoms with van der Waals surface area (Å²) in [4.78, 5) is 11.6. The molecule has 0 rings (SSSR count). The third-order valence-corrected chi connectivity index (χ3v) is 2.98. The van der Waals surface area contributed by atoms with Gasteiger partial charge in [0.1, 0.15) is 6.04 Å². The highest BCUT2D eigenvalue weighted by atomic mass is 16.5. The van der Waals surface area contributed by atoms with Crippen LogP contribution in [0.1, 0.15) is 46.5 Å². The molecule has 2 unspecified atom stereocenters. The molecule has 2 N–H and O–H groups in total. The van der Waals surface area contributed by atoms with Crippen molar-refractivity contribution in [2.75, 3.05) is 13.7 Å². The van der Waals surface area contributed by atoms with Gasteiger partial charge in [0.15, 0.2) is 0 Å². The molecular weight excluding hydrogens is 206 g/mol. The molecule has 0 aromatic heterocycles. The number of esters is 1. The number of aliphatic hydroxyl groups is 1. The molecule has 0 spiro atoms. The molecule has 2 atom stereocenters. The molecule has 0 radical (unpaired) electrons. The Kier molecular flexibility index (Phi) is 7.34. The van der Waals surface area contributed by atoms with Crippen molar-refractivity contribution >= 4 is 5.97 Å². The average molecular weight is 231 g/mol. The van der Waals surface area contributed by atoms with E-state index >= 15 is 0 Å². The molecule has 96 valence electrons. The Morgan fingerprint density at radius 1 is 1.50 bits per heavy atom. The van der Waals surface area contributed by atoms with Crippen LogP contribution in [0, 0.1) is 0 Å². The van der Waals surface area contributed by atoms with Gasteiger partial charge in [0.2, 0.25) is 0 Å². The van der Waals surface area contributed by atoms with E-state index in [1.54, 1.807) is 0 Å². The number of carbonyl (C=O) groups excluding carboxylic acids is 1. The Morgan fingerprint density at radius 3 is 2.50 bits per heavy atom. The maximum atomic E-state index is 11.6. The fraction of sp³-hybridized carbons (Fsp3) is 0.917. The summed E-state index contributed by atoms with van der Waals surface area (Å²) in [7, 11) is 1.39. The minimum absolute atomic E-state index is 0.0170. The van der Waals surface area contributed by atoms with Crippen molar-refractivity contribution in [1.29, 1.82) is 0 Å². The molecule has 0 aliphatic heterocycles. The van der Waals surface area contributed by atoms with Gasteiger partial charge in [-0.05, 0) is 19.8 Å². The Balaban J connectivity index is 4.45. The van der Waals surface area contributed by atoms with Gasteiger partial charge < -0.3 is 9.84 Å². The van der Waals surface area contributed by atoms with Crippen LogP contribution >= 0.6 is 0 Å². The first-order valence-electron chi connectivity index (χ1n) is 5.99. The van der Waals surface area contributed by atoms with Gasteiger partial charge in [-0.3, -0.25) is 10.1 Å². The van der Waals surface area contributed by atoms with E-state index in [0.29, 0.717) is 0 Å². The standard InChI is InChI=1S/C12H25NO3/c1-5-7-8-10(11(15)16-4)13-12(3,6-2)9-14/h10,13-14H,5-9H2,1-4H3. The first-order chi connectivity index (χ1) is 7.52. The summed E-state index contributed by atoms with van der Waals surface area (Å²) >= 11 is 0. The van der Waals surface area contributed by atoms with E-state index in [2.05, 4.69) is 12.2 Å². The minimum atomic E-state index is -0.410. The minimum Gasteiger partial charge on any atom is -0.468 e. The summed E-state index contributed by atoms with van der Waals surface area (Å²) in [6.45, 7) is 5.99. The zero-order chi connectivity index (χ0) is 12.6. The summed E-state index contributed by atoms with van der Waals surface area (Å²) in [5.41, 5.74) is -0.410. The maximum absolute atomic E-state index is 11.6. The molecule has 4 nitrogen and oxygen atoms in total. The zero-order valence-electron chi connectivity index (χ0n) is 10.9. The van der Waals surface area contributed by atoms with Crippen LogP contribution in [0.5, 0.6) is 0 Å². The molecule has 0 amide bonds. The van der Waals surface area contributed by atoms with Gasteiger partial charge in [-0.15, -0.1) is 0 Å². The fourth-order valence-corrected chi connectivity index (χ4v) is 1.48. The van der Waals surface area contributed by atoms with Crippen LogP contribution in [0.25, 0.3) is 0 Å². The zero-order valence-corrected chi connectivity index (χ0v) is 10.9. The number of unbranched alkanes of at least 4 members (excludes halogenated alkanes) is 1. The molecule has 0 bridgehead atoms. The largest absolute Gasteiger partial charge is 0.468 e. The lowest BCUT2D eigenvalue weighted by Crippen LogP contribution is -2.53. The normalized spacial score (nSPS) is 16.6. The first kappa shape index (κ1) is 15.4. The summed E-state index contributed by atoms with van der Waals surface area (Å²) < 4.78 is 4.76. The highest BCUT2D eigenvalue weighted by Crippen LogP contribution is 2.12. The summed E-state index contributed by atoms with van der Waals surface area (Å²) in [5.74, 6) is -0.249. The molecule has 0 aliphatic carbocycles. The van der Waals surface area contributed by atoms with Gasteiger partial charge in [-0.1, -0.05) is 26.7 Å². The molecule has 16 heavy (non-hydrogen) atoms. The van der Waals surface area contributed by atoms with E-state index in [-0.39, 0.29) is 18.6 Å². The van der Waals surface area contributed by atoms with Crippen molar-refractivity contribution in [2.45, 2.75) is 58.0 Å². The second kappa shape index (κ2) is 7.63. The van der Waals surface area contributed by atoms with Crippen molar-refractivity contribution in [3.8, 4) is 0 Å². The quantitative estimate of drug-likeness (QED) is 0.621. The predicted octanol–water partition coefficient (Wildman–Crippen LogP) is 1.47. The van der Waals surface area contributed by atoms with E-state index in [1.807, 2.05) is 13.8 Å². The molecule has 0 saturated heterocycles. The summed E-state index contributed by atoms with van der Waals surface area (Å²) in [5, 5.41) is 12.5. The van der Waals surface area contributed by atoms with E-state index in [0.717, 1.165) is 25.7 Å². The number of methoxy groups -OCH3 is 1. The lowest BCUT2D eigenvalue weighted by Gasteiger charge is -2.31. The van der Waals surface area contributed by atoms with Gasteiger partial charge in [0.25, 0.3) is 0 Å². The third kappa shape index (κ3) is 4.94. The fourth-order valence-electron chi connectivity index (χ4n) is 1.48. The molecular formula is C12H25NO3. The molecule has 0 heterocycles. The van der Waals surface area contributed by atoms with Gasteiger partial charge in [-0.2, -0.15) is 0 Å². The van der Waals surface area contributed by atoms with E-state index in [4.69, 9.17) is 4.74 Å². The second-order valence-electron chi connectivity index (χ2n) is 4.43.